The SMILES string of the molecule is CC(C)=C=C[C@@H]1C[C@@H](C(=O)NN(CCC(N)=O)C(=O)C(Cl)Cl)N(C(=O)[C@@H](NC(=O)C(F)(F)F)C(C)(C)C)C1. The summed E-state index contributed by atoms with van der Waals surface area (Å²) < 4.78 is 39.0. The molecule has 0 bridgehead atoms. The summed E-state index contributed by atoms with van der Waals surface area (Å²) in [6, 6.07) is -2.90. The lowest BCUT2D eigenvalue weighted by Gasteiger charge is -2.36. The Morgan fingerprint density at radius 3 is 2.18 bits per heavy atom. The molecule has 0 saturated carbocycles. The van der Waals surface area contributed by atoms with E-state index in [4.69, 9.17) is 28.9 Å². The Kier molecular flexibility index (Phi) is 11.7. The first kappa shape index (κ1) is 33.3. The normalized spacial score (nSPS) is 18.3. The number of halogens is 5. The van der Waals surface area contributed by atoms with Crippen LogP contribution in [0.2, 0.25) is 0 Å². The molecule has 15 heteroatoms. The smallest absolute Gasteiger partial charge is 0.370 e. The van der Waals surface area contributed by atoms with E-state index in [2.05, 4.69) is 11.2 Å². The number of carbonyl (C=O) groups is 5. The first-order valence-electron chi connectivity index (χ1n) is 11.5. The fourth-order valence-electron chi connectivity index (χ4n) is 3.56. The number of nitrogens with one attached hydrogen (secondary N) is 2. The molecule has 1 heterocycles. The van der Waals surface area contributed by atoms with Crippen molar-refractivity contribution in [2.75, 3.05) is 13.1 Å². The van der Waals surface area contributed by atoms with Gasteiger partial charge in [0.15, 0.2) is 4.84 Å². The van der Waals surface area contributed by atoms with Crippen LogP contribution < -0.4 is 16.5 Å². The molecule has 10 nitrogen and oxygen atoms in total. The number of carbonyl (C=O) groups excluding carboxylic acids is 5. The molecular formula is C23H32Cl2F3N5O5. The van der Waals surface area contributed by atoms with E-state index < -0.39 is 64.0 Å². The van der Waals surface area contributed by atoms with Gasteiger partial charge in [-0.15, -0.1) is 5.73 Å². The maximum Gasteiger partial charge on any atom is 0.471 e. The summed E-state index contributed by atoms with van der Waals surface area (Å²) in [6.07, 6.45) is -3.92. The minimum Gasteiger partial charge on any atom is -0.370 e. The summed E-state index contributed by atoms with van der Waals surface area (Å²) in [5.74, 6) is -6.28. The Balaban J connectivity index is 3.39. The van der Waals surface area contributed by atoms with Crippen molar-refractivity contribution in [2.45, 2.75) is 70.6 Å². The highest BCUT2D eigenvalue weighted by Crippen LogP contribution is 2.30. The van der Waals surface area contributed by atoms with Gasteiger partial charge in [-0.05, 0) is 37.3 Å². The topological polar surface area (TPSA) is 142 Å². The van der Waals surface area contributed by atoms with E-state index in [1.165, 1.54) is 20.8 Å². The predicted molar refractivity (Wildman–Crippen MR) is 133 cm³/mol. The number of alkyl halides is 5. The van der Waals surface area contributed by atoms with Crippen LogP contribution in [-0.2, 0) is 24.0 Å². The zero-order chi connectivity index (χ0) is 29.6. The molecule has 1 saturated heterocycles. The fraction of sp³-hybridized carbons (Fsp3) is 0.652. The second-order valence-electron chi connectivity index (χ2n) is 10.1. The van der Waals surface area contributed by atoms with Crippen LogP contribution in [0.1, 0.15) is 47.5 Å². The minimum atomic E-state index is -5.23. The highest BCUT2D eigenvalue weighted by molar-refractivity contribution is 6.53. The summed E-state index contributed by atoms with van der Waals surface area (Å²) >= 11 is 11.3. The molecule has 38 heavy (non-hydrogen) atoms. The van der Waals surface area contributed by atoms with Gasteiger partial charge in [0.05, 0.1) is 6.54 Å². The van der Waals surface area contributed by atoms with E-state index in [1.807, 2.05) is 0 Å². The monoisotopic (exact) mass is 585 g/mol. The van der Waals surface area contributed by atoms with Crippen molar-refractivity contribution in [3.05, 3.63) is 17.4 Å². The van der Waals surface area contributed by atoms with Gasteiger partial charge in [0.25, 0.3) is 11.8 Å². The van der Waals surface area contributed by atoms with E-state index in [-0.39, 0.29) is 25.9 Å². The standard InChI is InChI=1S/C23H32Cl2F3N5O5/c1-12(2)6-7-13-10-14(18(35)31-33(9-8-15(29)34)20(37)17(24)25)32(11-13)19(36)16(22(3,4)5)30-21(38)23(26,27)28/h7,13-14,16-17H,8-11H2,1-5H3,(H2,29,34)(H,30,38)(H,31,35)/t13-,14+,16-/m1/s1. The zero-order valence-electron chi connectivity index (χ0n) is 21.6. The van der Waals surface area contributed by atoms with Crippen LogP contribution in [0.25, 0.3) is 0 Å². The average molecular weight is 586 g/mol. The van der Waals surface area contributed by atoms with Crippen LogP contribution in [0, 0.1) is 11.3 Å². The van der Waals surface area contributed by atoms with Gasteiger partial charge >= 0.3 is 12.1 Å². The van der Waals surface area contributed by atoms with Gasteiger partial charge in [0, 0.05) is 18.9 Å². The van der Waals surface area contributed by atoms with Gasteiger partial charge in [-0.1, -0.05) is 44.0 Å². The molecule has 0 radical (unpaired) electrons. The van der Waals surface area contributed by atoms with Gasteiger partial charge in [-0.25, -0.2) is 0 Å². The van der Waals surface area contributed by atoms with Crippen molar-refractivity contribution in [3.63, 3.8) is 0 Å². The molecule has 1 rings (SSSR count). The Morgan fingerprint density at radius 1 is 1.16 bits per heavy atom. The van der Waals surface area contributed by atoms with Crippen molar-refractivity contribution in [1.82, 2.24) is 20.7 Å². The van der Waals surface area contributed by atoms with Gasteiger partial charge < -0.3 is 16.0 Å². The molecule has 214 valence electrons. The number of primary amides is 1. The molecule has 0 aliphatic carbocycles. The molecule has 0 aromatic rings. The number of hydrogen-bond donors (Lipinski definition) is 3. The molecule has 1 fully saturated rings. The average Bonchev–Trinajstić information content (AvgIpc) is 3.20. The third-order valence-electron chi connectivity index (χ3n) is 5.45. The molecule has 4 N–H and O–H groups in total. The van der Waals surface area contributed by atoms with Crippen molar-refractivity contribution in [1.29, 1.82) is 0 Å². The Hall–Kier alpha value is -2.76. The number of nitrogens with two attached hydrogens (primary N) is 1. The van der Waals surface area contributed by atoms with Gasteiger partial charge in [0.2, 0.25) is 11.8 Å². The summed E-state index contributed by atoms with van der Waals surface area (Å²) in [7, 11) is 0. The second-order valence-corrected chi connectivity index (χ2v) is 11.2. The molecule has 0 unspecified atom stereocenters. The van der Waals surface area contributed by atoms with Crippen LogP contribution in [0.4, 0.5) is 13.2 Å². The number of likely N-dealkylation sites (tertiary alicyclic amines) is 1. The largest absolute Gasteiger partial charge is 0.471 e. The third-order valence-corrected chi connectivity index (χ3v) is 5.83. The molecule has 3 atom stereocenters. The van der Waals surface area contributed by atoms with Gasteiger partial charge in [-0.3, -0.25) is 34.4 Å². The van der Waals surface area contributed by atoms with Crippen molar-refractivity contribution >= 4 is 52.7 Å². The Labute approximate surface area is 228 Å². The number of rotatable bonds is 8. The van der Waals surface area contributed by atoms with Crippen molar-refractivity contribution in [2.24, 2.45) is 17.1 Å². The number of hydrazine groups is 1. The molecule has 1 aliphatic heterocycles. The number of amides is 5. The quantitative estimate of drug-likeness (QED) is 0.227. The Bertz CT molecular complexity index is 1000. The zero-order valence-corrected chi connectivity index (χ0v) is 23.1. The van der Waals surface area contributed by atoms with Crippen LogP contribution >= 0.6 is 23.2 Å². The highest BCUT2D eigenvalue weighted by Gasteiger charge is 2.48. The fourth-order valence-corrected chi connectivity index (χ4v) is 3.80. The number of hydrogen-bond acceptors (Lipinski definition) is 5. The summed E-state index contributed by atoms with van der Waals surface area (Å²) in [4.78, 5) is 61.5. The predicted octanol–water partition coefficient (Wildman–Crippen LogP) is 1.96. The Morgan fingerprint density at radius 2 is 1.74 bits per heavy atom. The molecule has 1 aliphatic rings. The van der Waals surface area contributed by atoms with Gasteiger partial charge in [0.1, 0.15) is 12.1 Å². The van der Waals surface area contributed by atoms with Crippen LogP contribution in [0.3, 0.4) is 0 Å². The lowest BCUT2D eigenvalue weighted by molar-refractivity contribution is -0.176. The van der Waals surface area contributed by atoms with E-state index in [0.717, 1.165) is 10.5 Å². The van der Waals surface area contributed by atoms with Crippen molar-refractivity contribution in [3.8, 4) is 0 Å². The summed E-state index contributed by atoms with van der Waals surface area (Å²) in [5.41, 5.74) is 10.0. The first-order chi connectivity index (χ1) is 17.2. The van der Waals surface area contributed by atoms with E-state index in [9.17, 15) is 37.1 Å². The van der Waals surface area contributed by atoms with E-state index >= 15 is 0 Å². The summed E-state index contributed by atoms with van der Waals surface area (Å²) in [6.45, 7) is 7.49. The van der Waals surface area contributed by atoms with Crippen LogP contribution in [0.15, 0.2) is 17.4 Å². The summed E-state index contributed by atoms with van der Waals surface area (Å²) in [5, 5.41) is 2.42. The molecule has 0 spiro atoms. The number of nitrogens with zero attached hydrogens (tertiary/aromatic N) is 2. The molecule has 5 amide bonds. The molecule has 0 aromatic heterocycles. The highest BCUT2D eigenvalue weighted by atomic mass is 35.5. The van der Waals surface area contributed by atoms with Crippen molar-refractivity contribution < 1.29 is 37.1 Å². The second kappa shape index (κ2) is 13.3. The van der Waals surface area contributed by atoms with Crippen LogP contribution in [0.5, 0.6) is 0 Å². The van der Waals surface area contributed by atoms with Gasteiger partial charge in [-0.2, -0.15) is 13.2 Å². The molecule has 0 aromatic carbocycles. The lowest BCUT2D eigenvalue weighted by Crippen LogP contribution is -2.60. The van der Waals surface area contributed by atoms with E-state index in [0.29, 0.717) is 5.01 Å². The maximum atomic E-state index is 13.5. The van der Waals surface area contributed by atoms with E-state index in [1.54, 1.807) is 25.2 Å². The maximum absolute atomic E-state index is 13.5. The minimum absolute atomic E-state index is 0.0327. The van der Waals surface area contributed by atoms with Crippen LogP contribution in [-0.4, -0.2) is 75.6 Å². The third kappa shape index (κ3) is 9.85. The first-order valence-corrected chi connectivity index (χ1v) is 12.4. The lowest BCUT2D eigenvalue weighted by atomic mass is 9.85. The molecular weight excluding hydrogens is 554 g/mol.